The molecule has 5 nitrogen and oxygen atoms in total. The normalized spacial score (nSPS) is 18.8. The van der Waals surface area contributed by atoms with Crippen LogP contribution in [-0.2, 0) is 7.05 Å². The van der Waals surface area contributed by atoms with Crippen LogP contribution in [0.25, 0.3) is 0 Å². The van der Waals surface area contributed by atoms with Crippen molar-refractivity contribution in [2.45, 2.75) is 6.04 Å². The molecule has 0 spiro atoms. The van der Waals surface area contributed by atoms with E-state index in [0.29, 0.717) is 6.54 Å². The lowest BCUT2D eigenvalue weighted by molar-refractivity contribution is 0.0621. The lowest BCUT2D eigenvalue weighted by atomic mass is 10.1. The summed E-state index contributed by atoms with van der Waals surface area (Å²) in [5.74, 6) is 0.988. The zero-order valence-electron chi connectivity index (χ0n) is 11.8. The summed E-state index contributed by atoms with van der Waals surface area (Å²) in [6, 6.07) is 7.69. The van der Waals surface area contributed by atoms with Crippen molar-refractivity contribution in [3.05, 3.63) is 51.6 Å². The van der Waals surface area contributed by atoms with Crippen LogP contribution in [0.1, 0.15) is 22.2 Å². The topological polar surface area (TPSA) is 50.2 Å². The van der Waals surface area contributed by atoms with E-state index >= 15 is 0 Å². The third-order valence-electron chi connectivity index (χ3n) is 3.75. The number of aromatic nitrogens is 2. The van der Waals surface area contributed by atoms with Crippen LogP contribution in [0.2, 0.25) is 0 Å². The monoisotopic (exact) mass is 396 g/mol. The minimum atomic E-state index is -0.0227. The Hall–Kier alpha value is -1.41. The first-order valence-corrected chi connectivity index (χ1v) is 7.99. The molecule has 0 aliphatic carbocycles. The Morgan fingerprint density at radius 2 is 2.14 bits per heavy atom. The van der Waals surface area contributed by atoms with Crippen LogP contribution in [-0.4, -0.2) is 40.0 Å². The van der Waals surface area contributed by atoms with Gasteiger partial charge in [-0.3, -0.25) is 4.79 Å². The number of carbonyl (C=O) groups is 1. The minimum absolute atomic E-state index is 0.0227. The van der Waals surface area contributed by atoms with E-state index in [1.165, 1.54) is 0 Å². The fraction of sp³-hybridized carbons (Fsp3) is 0.333. The van der Waals surface area contributed by atoms with Crippen LogP contribution in [0.3, 0.4) is 0 Å². The third-order valence-corrected chi connectivity index (χ3v) is 4.47. The zero-order valence-corrected chi connectivity index (χ0v) is 13.9. The van der Waals surface area contributed by atoms with E-state index < -0.39 is 0 Å². The van der Waals surface area contributed by atoms with Crippen LogP contribution in [0.4, 0.5) is 0 Å². The smallest absolute Gasteiger partial charge is 0.254 e. The van der Waals surface area contributed by atoms with Crippen LogP contribution in [0.5, 0.6) is 0 Å². The number of imidazole rings is 1. The summed E-state index contributed by atoms with van der Waals surface area (Å²) >= 11 is 2.24. The molecule has 1 amide bonds. The average Bonchev–Trinajstić information content (AvgIpc) is 2.93. The number of amides is 1. The van der Waals surface area contributed by atoms with Crippen LogP contribution in [0, 0.1) is 3.57 Å². The van der Waals surface area contributed by atoms with E-state index in [0.717, 1.165) is 28.0 Å². The fourth-order valence-corrected chi connectivity index (χ4v) is 2.99. The quantitative estimate of drug-likeness (QED) is 0.788. The van der Waals surface area contributed by atoms with Gasteiger partial charge in [-0.1, -0.05) is 0 Å². The van der Waals surface area contributed by atoms with Crippen molar-refractivity contribution >= 4 is 28.5 Å². The molecule has 2 aromatic rings. The van der Waals surface area contributed by atoms with Gasteiger partial charge in [0.15, 0.2) is 0 Å². The van der Waals surface area contributed by atoms with Gasteiger partial charge < -0.3 is 14.8 Å². The molecular weight excluding hydrogens is 379 g/mol. The van der Waals surface area contributed by atoms with Gasteiger partial charge in [-0.05, 0) is 46.9 Å². The van der Waals surface area contributed by atoms with Gasteiger partial charge in [-0.25, -0.2) is 4.98 Å². The summed E-state index contributed by atoms with van der Waals surface area (Å²) in [5, 5.41) is 3.35. The van der Waals surface area contributed by atoms with Crippen molar-refractivity contribution in [1.82, 2.24) is 19.8 Å². The predicted octanol–water partition coefficient (Wildman–Crippen LogP) is 1.81. The summed E-state index contributed by atoms with van der Waals surface area (Å²) in [4.78, 5) is 19.1. The number of aryl methyl sites for hydroxylation is 1. The molecule has 1 aliphatic rings. The molecule has 6 heteroatoms. The van der Waals surface area contributed by atoms with Crippen molar-refractivity contribution < 1.29 is 4.79 Å². The number of hydrogen-bond donors (Lipinski definition) is 1. The van der Waals surface area contributed by atoms with Crippen LogP contribution >= 0.6 is 22.6 Å². The Morgan fingerprint density at radius 1 is 1.38 bits per heavy atom. The first kappa shape index (κ1) is 14.5. The molecule has 21 heavy (non-hydrogen) atoms. The molecule has 1 N–H and O–H groups in total. The molecule has 3 rings (SSSR count). The van der Waals surface area contributed by atoms with Crippen molar-refractivity contribution in [2.24, 2.45) is 7.05 Å². The van der Waals surface area contributed by atoms with Gasteiger partial charge in [0.2, 0.25) is 0 Å². The Labute approximate surface area is 137 Å². The first-order chi connectivity index (χ1) is 10.2. The van der Waals surface area contributed by atoms with E-state index in [9.17, 15) is 4.79 Å². The third kappa shape index (κ3) is 2.96. The maximum absolute atomic E-state index is 12.8. The molecule has 1 aliphatic heterocycles. The maximum Gasteiger partial charge on any atom is 0.254 e. The number of halogens is 1. The van der Waals surface area contributed by atoms with Crippen molar-refractivity contribution in [3.63, 3.8) is 0 Å². The van der Waals surface area contributed by atoms with Gasteiger partial charge in [0.05, 0.1) is 0 Å². The summed E-state index contributed by atoms with van der Waals surface area (Å²) in [6.07, 6.45) is 3.69. The standard InChI is InChI=1S/C15H17IN4O/c1-19-8-7-18-14(19)13-10-17-6-9-20(13)15(21)11-2-4-12(16)5-3-11/h2-5,7-8,13,17H,6,9-10H2,1H3. The molecule has 1 atom stereocenters. The molecule has 1 aromatic carbocycles. The first-order valence-electron chi connectivity index (χ1n) is 6.91. The van der Waals surface area contributed by atoms with Gasteiger partial charge in [-0.2, -0.15) is 0 Å². The van der Waals surface area contributed by atoms with Gasteiger partial charge in [-0.15, -0.1) is 0 Å². The van der Waals surface area contributed by atoms with Gasteiger partial charge in [0, 0.05) is 48.2 Å². The molecule has 1 aromatic heterocycles. The van der Waals surface area contributed by atoms with Gasteiger partial charge in [0.1, 0.15) is 11.9 Å². The van der Waals surface area contributed by atoms with Gasteiger partial charge in [0.25, 0.3) is 5.91 Å². The Kier molecular flexibility index (Phi) is 4.25. The summed E-state index contributed by atoms with van der Waals surface area (Å²) < 4.78 is 3.11. The molecule has 1 fully saturated rings. The number of nitrogens with zero attached hydrogens (tertiary/aromatic N) is 3. The Morgan fingerprint density at radius 3 is 2.81 bits per heavy atom. The molecule has 0 radical (unpaired) electrons. The fourth-order valence-electron chi connectivity index (χ4n) is 2.63. The summed E-state index contributed by atoms with van der Waals surface area (Å²) in [5.41, 5.74) is 0.733. The highest BCUT2D eigenvalue weighted by Gasteiger charge is 2.30. The summed E-state index contributed by atoms with van der Waals surface area (Å²) in [6.45, 7) is 2.25. The number of piperazine rings is 1. The highest BCUT2D eigenvalue weighted by Crippen LogP contribution is 2.23. The number of rotatable bonds is 2. The SMILES string of the molecule is Cn1ccnc1C1CNCCN1C(=O)c1ccc(I)cc1. The Bertz CT molecular complexity index is 637. The van der Waals surface area contributed by atoms with Crippen molar-refractivity contribution in [2.75, 3.05) is 19.6 Å². The largest absolute Gasteiger partial charge is 0.336 e. The Balaban J connectivity index is 1.89. The van der Waals surface area contributed by atoms with E-state index in [2.05, 4.69) is 32.9 Å². The van der Waals surface area contributed by atoms with E-state index in [4.69, 9.17) is 0 Å². The van der Waals surface area contributed by atoms with Crippen LogP contribution in [0.15, 0.2) is 36.7 Å². The number of hydrogen-bond acceptors (Lipinski definition) is 3. The van der Waals surface area contributed by atoms with E-state index in [-0.39, 0.29) is 11.9 Å². The summed E-state index contributed by atoms with van der Waals surface area (Å²) in [7, 11) is 1.96. The molecule has 1 saturated heterocycles. The molecule has 0 saturated carbocycles. The molecule has 2 heterocycles. The molecule has 1 unspecified atom stereocenters. The van der Waals surface area contributed by atoms with Crippen LogP contribution < -0.4 is 5.32 Å². The second-order valence-electron chi connectivity index (χ2n) is 5.12. The highest BCUT2D eigenvalue weighted by atomic mass is 127. The lowest BCUT2D eigenvalue weighted by Gasteiger charge is -2.35. The van der Waals surface area contributed by atoms with E-state index in [1.807, 2.05) is 47.0 Å². The maximum atomic E-state index is 12.8. The second-order valence-corrected chi connectivity index (χ2v) is 6.37. The highest BCUT2D eigenvalue weighted by molar-refractivity contribution is 14.1. The number of carbonyl (C=O) groups excluding carboxylic acids is 1. The molecular formula is C15H17IN4O. The van der Waals surface area contributed by atoms with Crippen molar-refractivity contribution in [1.29, 1.82) is 0 Å². The zero-order chi connectivity index (χ0) is 14.8. The second kappa shape index (κ2) is 6.15. The number of benzene rings is 1. The number of nitrogens with one attached hydrogen (secondary N) is 1. The minimum Gasteiger partial charge on any atom is -0.336 e. The van der Waals surface area contributed by atoms with Gasteiger partial charge >= 0.3 is 0 Å². The molecule has 0 bridgehead atoms. The average molecular weight is 396 g/mol. The van der Waals surface area contributed by atoms with E-state index in [1.54, 1.807) is 6.20 Å². The lowest BCUT2D eigenvalue weighted by Crippen LogP contribution is -2.49. The van der Waals surface area contributed by atoms with Crippen molar-refractivity contribution in [3.8, 4) is 0 Å². The predicted molar refractivity (Wildman–Crippen MR) is 89.0 cm³/mol. The molecule has 110 valence electrons.